The Bertz CT molecular complexity index is 696. The number of carboxylic acid groups (broad SMARTS) is 1. The predicted octanol–water partition coefficient (Wildman–Crippen LogP) is 3.72. The van der Waals surface area contributed by atoms with E-state index in [4.69, 9.17) is 21.4 Å². The minimum atomic E-state index is -5.08. The van der Waals surface area contributed by atoms with Gasteiger partial charge in [-0.05, 0) is 24.3 Å². The van der Waals surface area contributed by atoms with E-state index in [1.165, 1.54) is 0 Å². The Morgan fingerprint density at radius 1 is 1.04 bits per heavy atom. The van der Waals surface area contributed by atoms with Crippen LogP contribution >= 0.6 is 12.4 Å². The first-order valence-electron chi connectivity index (χ1n) is 5.99. The number of aliphatic carboxylic acids is 1. The van der Waals surface area contributed by atoms with Gasteiger partial charge in [0.2, 0.25) is 0 Å². The van der Waals surface area contributed by atoms with Gasteiger partial charge in [0.15, 0.2) is 5.82 Å². The van der Waals surface area contributed by atoms with E-state index < -0.39 is 12.1 Å². The normalized spacial score (nSPS) is 10.5. The number of nitrogen functional groups attached to an aromatic ring is 2. The van der Waals surface area contributed by atoms with Crippen molar-refractivity contribution in [2.75, 3.05) is 11.5 Å². The van der Waals surface area contributed by atoms with Crippen LogP contribution in [0, 0.1) is 0 Å². The van der Waals surface area contributed by atoms with E-state index in [1.807, 2.05) is 30.3 Å². The summed E-state index contributed by atoms with van der Waals surface area (Å²) in [5, 5.41) is 15.2. The molecule has 0 aliphatic rings. The van der Waals surface area contributed by atoms with Crippen LogP contribution in [0.25, 0.3) is 0 Å². The van der Waals surface area contributed by atoms with E-state index >= 15 is 0 Å². The molecule has 0 saturated heterocycles. The molecule has 0 fully saturated rings. The van der Waals surface area contributed by atoms with Crippen molar-refractivity contribution in [1.82, 2.24) is 4.98 Å². The summed E-state index contributed by atoms with van der Waals surface area (Å²) in [5.74, 6) is -2.11. The van der Waals surface area contributed by atoms with Crippen LogP contribution in [-0.4, -0.2) is 22.2 Å². The van der Waals surface area contributed by atoms with Gasteiger partial charge in [-0.2, -0.15) is 18.3 Å². The lowest BCUT2D eigenvalue weighted by molar-refractivity contribution is -0.192. The Morgan fingerprint density at radius 3 is 2.04 bits per heavy atom. The van der Waals surface area contributed by atoms with Crippen molar-refractivity contribution < 1.29 is 23.1 Å². The molecular formula is C13H13ClF3N5O2. The molecule has 130 valence electrons. The molecule has 0 unspecified atom stereocenters. The van der Waals surface area contributed by atoms with Gasteiger partial charge in [-0.25, -0.2) is 9.78 Å². The number of carboxylic acids is 1. The zero-order valence-electron chi connectivity index (χ0n) is 11.9. The first-order valence-corrected chi connectivity index (χ1v) is 5.99. The number of carbonyl (C=O) groups is 1. The fourth-order valence-corrected chi connectivity index (χ4v) is 1.17. The Hall–Kier alpha value is -2.88. The fourth-order valence-electron chi connectivity index (χ4n) is 1.17. The third-order valence-electron chi connectivity index (χ3n) is 2.20. The van der Waals surface area contributed by atoms with Crippen molar-refractivity contribution in [3.63, 3.8) is 0 Å². The van der Waals surface area contributed by atoms with Gasteiger partial charge >= 0.3 is 12.1 Å². The summed E-state index contributed by atoms with van der Waals surface area (Å²) in [5.41, 5.74) is 12.4. The van der Waals surface area contributed by atoms with Crippen LogP contribution in [0.3, 0.4) is 0 Å². The van der Waals surface area contributed by atoms with Gasteiger partial charge in [-0.15, -0.1) is 17.5 Å². The summed E-state index contributed by atoms with van der Waals surface area (Å²) in [6, 6.07) is 12.7. The zero-order chi connectivity index (χ0) is 17.5. The van der Waals surface area contributed by atoms with E-state index in [0.717, 1.165) is 5.69 Å². The third kappa shape index (κ3) is 7.40. The fraction of sp³-hybridized carbons (Fsp3) is 0.0769. The van der Waals surface area contributed by atoms with Crippen molar-refractivity contribution in [3.8, 4) is 0 Å². The van der Waals surface area contributed by atoms with E-state index in [-0.39, 0.29) is 18.2 Å². The van der Waals surface area contributed by atoms with E-state index in [2.05, 4.69) is 15.2 Å². The van der Waals surface area contributed by atoms with Crippen molar-refractivity contribution in [1.29, 1.82) is 0 Å². The number of alkyl halides is 3. The average Bonchev–Trinajstić information content (AvgIpc) is 2.47. The summed E-state index contributed by atoms with van der Waals surface area (Å²) in [4.78, 5) is 12.8. The summed E-state index contributed by atoms with van der Waals surface area (Å²) in [6.45, 7) is 0. The average molecular weight is 364 g/mol. The Morgan fingerprint density at radius 2 is 1.58 bits per heavy atom. The number of hydrogen-bond donors (Lipinski definition) is 3. The number of anilines is 2. The molecule has 0 saturated carbocycles. The van der Waals surface area contributed by atoms with E-state index in [1.54, 1.807) is 12.1 Å². The summed E-state index contributed by atoms with van der Waals surface area (Å²) < 4.78 is 31.7. The lowest BCUT2D eigenvalue weighted by Gasteiger charge is -1.98. The number of nitrogens with two attached hydrogens (primary N) is 2. The maximum atomic E-state index is 10.6. The number of nitrogens with zero attached hydrogens (tertiary/aromatic N) is 3. The standard InChI is InChI=1S/C11H11N5.C2HF3O2.ClH/c12-10-7-6-9(11(13)14-10)16-15-8-4-2-1-3-5-8;3-2(4,5)1(6)7;/h1-7H,(H4,12,13,14);(H,6,7);1H. The molecular weight excluding hydrogens is 351 g/mol. The van der Waals surface area contributed by atoms with Gasteiger partial charge in [-0.3, -0.25) is 0 Å². The smallest absolute Gasteiger partial charge is 0.475 e. The molecule has 0 atom stereocenters. The number of pyridine rings is 1. The molecule has 1 heterocycles. The van der Waals surface area contributed by atoms with Crippen LogP contribution in [-0.2, 0) is 4.79 Å². The molecule has 24 heavy (non-hydrogen) atoms. The molecule has 0 aliphatic carbocycles. The third-order valence-corrected chi connectivity index (χ3v) is 2.20. The molecule has 5 N–H and O–H groups in total. The van der Waals surface area contributed by atoms with Crippen molar-refractivity contribution in [2.45, 2.75) is 6.18 Å². The summed E-state index contributed by atoms with van der Waals surface area (Å²) in [6.07, 6.45) is -5.08. The monoisotopic (exact) mass is 363 g/mol. The van der Waals surface area contributed by atoms with E-state index in [0.29, 0.717) is 11.5 Å². The number of rotatable bonds is 2. The highest BCUT2D eigenvalue weighted by Crippen LogP contribution is 2.23. The molecule has 0 bridgehead atoms. The first kappa shape index (κ1) is 21.1. The largest absolute Gasteiger partial charge is 0.490 e. The number of halogens is 4. The molecule has 1 aromatic carbocycles. The van der Waals surface area contributed by atoms with Gasteiger partial charge < -0.3 is 16.6 Å². The minimum Gasteiger partial charge on any atom is -0.475 e. The van der Waals surface area contributed by atoms with Crippen LogP contribution in [0.1, 0.15) is 0 Å². The van der Waals surface area contributed by atoms with Gasteiger partial charge in [0.05, 0.1) is 5.69 Å². The van der Waals surface area contributed by atoms with Crippen LogP contribution < -0.4 is 11.5 Å². The second-order valence-electron chi connectivity index (χ2n) is 3.98. The van der Waals surface area contributed by atoms with Gasteiger partial charge in [0.25, 0.3) is 0 Å². The molecule has 0 aliphatic heterocycles. The molecule has 0 spiro atoms. The SMILES string of the molecule is Cl.Nc1ccc(N=Nc2ccccc2)c(N)n1.O=C(O)C(F)(F)F. The first-order chi connectivity index (χ1) is 10.7. The van der Waals surface area contributed by atoms with Gasteiger partial charge in [0.1, 0.15) is 11.5 Å². The van der Waals surface area contributed by atoms with E-state index in [9.17, 15) is 13.2 Å². The molecule has 0 radical (unpaired) electrons. The summed E-state index contributed by atoms with van der Waals surface area (Å²) in [7, 11) is 0. The molecule has 2 rings (SSSR count). The maximum Gasteiger partial charge on any atom is 0.490 e. The Kier molecular flexibility index (Phi) is 8.19. The second kappa shape index (κ2) is 9.30. The maximum absolute atomic E-state index is 10.6. The zero-order valence-corrected chi connectivity index (χ0v) is 12.8. The number of benzene rings is 1. The highest BCUT2D eigenvalue weighted by atomic mass is 35.5. The molecule has 11 heteroatoms. The van der Waals surface area contributed by atoms with Crippen molar-refractivity contribution in [2.24, 2.45) is 10.2 Å². The Balaban J connectivity index is 0.000000570. The molecule has 1 aromatic heterocycles. The Labute approximate surface area is 140 Å². The van der Waals surface area contributed by atoms with Crippen LogP contribution in [0.15, 0.2) is 52.7 Å². The highest BCUT2D eigenvalue weighted by molar-refractivity contribution is 5.85. The molecule has 7 nitrogen and oxygen atoms in total. The predicted molar refractivity (Wildman–Crippen MR) is 84.6 cm³/mol. The lowest BCUT2D eigenvalue weighted by Crippen LogP contribution is -2.21. The highest BCUT2D eigenvalue weighted by Gasteiger charge is 2.38. The number of hydrogen-bond acceptors (Lipinski definition) is 6. The lowest BCUT2D eigenvalue weighted by atomic mass is 10.3. The topological polar surface area (TPSA) is 127 Å². The molecule has 0 amide bonds. The molecule has 2 aromatic rings. The number of aromatic nitrogens is 1. The quantitative estimate of drug-likeness (QED) is 0.701. The van der Waals surface area contributed by atoms with Crippen LogP contribution in [0.2, 0.25) is 0 Å². The summed E-state index contributed by atoms with van der Waals surface area (Å²) >= 11 is 0. The van der Waals surface area contributed by atoms with Gasteiger partial charge in [-0.1, -0.05) is 18.2 Å². The number of azo groups is 1. The van der Waals surface area contributed by atoms with Crippen LogP contribution in [0.5, 0.6) is 0 Å². The van der Waals surface area contributed by atoms with Crippen LogP contribution in [0.4, 0.5) is 36.2 Å². The van der Waals surface area contributed by atoms with Crippen molar-refractivity contribution in [3.05, 3.63) is 42.5 Å². The van der Waals surface area contributed by atoms with Crippen molar-refractivity contribution >= 4 is 41.4 Å². The second-order valence-corrected chi connectivity index (χ2v) is 3.98. The van der Waals surface area contributed by atoms with Gasteiger partial charge in [0, 0.05) is 0 Å². The minimum absolute atomic E-state index is 0.